The van der Waals surface area contributed by atoms with Crippen LogP contribution in [0.3, 0.4) is 0 Å². The number of nitrogens with two attached hydrogens (primary N) is 1. The van der Waals surface area contributed by atoms with Gasteiger partial charge >= 0.3 is 5.69 Å². The molecule has 1 unspecified atom stereocenters. The zero-order valence-electron chi connectivity index (χ0n) is 21.8. The lowest BCUT2D eigenvalue weighted by Crippen LogP contribution is -2.44. The van der Waals surface area contributed by atoms with E-state index in [4.69, 9.17) is 10.7 Å². The van der Waals surface area contributed by atoms with Crippen molar-refractivity contribution in [2.75, 3.05) is 29.9 Å². The molecule has 0 saturated carbocycles. The normalized spacial score (nSPS) is 16.1. The topological polar surface area (TPSA) is 131 Å². The molecule has 1 fully saturated rings. The van der Waals surface area contributed by atoms with E-state index < -0.39 is 11.2 Å². The third kappa shape index (κ3) is 5.20. The smallest absolute Gasteiger partial charge is 0.332 e. The van der Waals surface area contributed by atoms with Gasteiger partial charge in [-0.1, -0.05) is 17.7 Å². The number of aryl methyl sites for hydroxylation is 1. The third-order valence-electron chi connectivity index (χ3n) is 6.61. The molecule has 0 aromatic carbocycles. The Morgan fingerprint density at radius 2 is 2.08 bits per heavy atom. The highest BCUT2D eigenvalue weighted by Gasteiger charge is 2.26. The fourth-order valence-corrected chi connectivity index (χ4v) is 4.56. The van der Waals surface area contributed by atoms with Gasteiger partial charge in [0.25, 0.3) is 5.56 Å². The molecular weight excluding hydrogens is 470 g/mol. The van der Waals surface area contributed by atoms with Crippen LogP contribution in [0.1, 0.15) is 26.7 Å². The fraction of sp³-hybridized carbons (Fsp3) is 0.423. The second-order valence-corrected chi connectivity index (χ2v) is 9.57. The van der Waals surface area contributed by atoms with Crippen LogP contribution in [0.5, 0.6) is 0 Å². The molecule has 1 aliphatic rings. The first-order valence-corrected chi connectivity index (χ1v) is 12.3. The lowest BCUT2D eigenvalue weighted by atomic mass is 10.1. The number of aromatic nitrogens is 5. The highest BCUT2D eigenvalue weighted by molar-refractivity contribution is 5.75. The van der Waals surface area contributed by atoms with Gasteiger partial charge in [-0.3, -0.25) is 13.9 Å². The van der Waals surface area contributed by atoms with Crippen molar-refractivity contribution in [3.8, 4) is 6.07 Å². The minimum atomic E-state index is -0.510. The Balaban J connectivity index is 1.89. The number of imidazole rings is 1. The Kier molecular flexibility index (Phi) is 7.59. The Labute approximate surface area is 215 Å². The molecule has 3 aromatic heterocycles. The van der Waals surface area contributed by atoms with Crippen LogP contribution in [0.25, 0.3) is 11.2 Å². The Bertz CT molecular complexity index is 1500. The van der Waals surface area contributed by atoms with Crippen molar-refractivity contribution < 1.29 is 0 Å². The van der Waals surface area contributed by atoms with Gasteiger partial charge in [-0.25, -0.2) is 9.78 Å². The van der Waals surface area contributed by atoms with Gasteiger partial charge in [0.1, 0.15) is 5.82 Å². The Morgan fingerprint density at radius 3 is 2.73 bits per heavy atom. The van der Waals surface area contributed by atoms with E-state index in [1.165, 1.54) is 10.6 Å². The number of likely N-dealkylation sites (N-methyl/N-ethyl adjacent to an activating group) is 1. The van der Waals surface area contributed by atoms with E-state index >= 15 is 0 Å². The molecule has 0 spiro atoms. The van der Waals surface area contributed by atoms with E-state index in [0.717, 1.165) is 29.5 Å². The van der Waals surface area contributed by atoms with E-state index in [1.807, 2.05) is 36.6 Å². The van der Waals surface area contributed by atoms with Crippen LogP contribution < -0.4 is 26.8 Å². The van der Waals surface area contributed by atoms with Crippen LogP contribution in [-0.2, 0) is 20.1 Å². The molecule has 0 amide bonds. The second kappa shape index (κ2) is 10.8. The predicted molar refractivity (Wildman–Crippen MR) is 144 cm³/mol. The molecule has 1 atom stereocenters. The molecule has 4 rings (SSSR count). The highest BCUT2D eigenvalue weighted by atomic mass is 16.2. The standard InChI is InChI=1S/C26H33N9O2/c1-18(2)11-15-34-22-23(30-25(34)33-14-7-8-19(28)16-33)32(4)26(37)35(24(22)36)17-20(10-12-27)31(3)21-9-5-6-13-29-21/h5-6,9-11,13,19H,7-8,14-17,28H2,1-4H3/b20-10-. The summed E-state index contributed by atoms with van der Waals surface area (Å²) in [6, 6.07) is 7.46. The first kappa shape index (κ1) is 25.9. The number of rotatable bonds is 7. The summed E-state index contributed by atoms with van der Waals surface area (Å²) in [6.45, 7) is 5.73. The maximum Gasteiger partial charge on any atom is 0.332 e. The largest absolute Gasteiger partial charge is 0.341 e. The maximum absolute atomic E-state index is 13.9. The number of nitrogens with zero attached hydrogens (tertiary/aromatic N) is 8. The number of hydrogen-bond acceptors (Lipinski definition) is 8. The SMILES string of the molecule is CC(C)=CCn1c(N2CCCC(N)C2)nc2c1c(=O)n(C/C(=C/C#N)N(C)c1ccccn1)c(=O)n2C. The molecule has 3 aromatic rings. The second-order valence-electron chi connectivity index (χ2n) is 9.57. The van der Waals surface area contributed by atoms with E-state index in [-0.39, 0.29) is 12.6 Å². The summed E-state index contributed by atoms with van der Waals surface area (Å²) < 4.78 is 4.42. The quantitative estimate of drug-likeness (QED) is 0.381. The number of nitriles is 1. The predicted octanol–water partition coefficient (Wildman–Crippen LogP) is 1.73. The lowest BCUT2D eigenvalue weighted by molar-refractivity contribution is 0.495. The number of allylic oxidation sites excluding steroid dienone is 4. The molecule has 0 radical (unpaired) electrons. The van der Waals surface area contributed by atoms with Crippen LogP contribution in [0, 0.1) is 11.3 Å². The minimum Gasteiger partial charge on any atom is -0.341 e. The van der Waals surface area contributed by atoms with Gasteiger partial charge < -0.3 is 20.1 Å². The summed E-state index contributed by atoms with van der Waals surface area (Å²) in [7, 11) is 3.36. The number of hydrogen-bond donors (Lipinski definition) is 1. The van der Waals surface area contributed by atoms with Crippen molar-refractivity contribution in [1.82, 2.24) is 23.7 Å². The highest BCUT2D eigenvalue weighted by Crippen LogP contribution is 2.23. The molecule has 0 bridgehead atoms. The number of piperidine rings is 1. The molecule has 37 heavy (non-hydrogen) atoms. The van der Waals surface area contributed by atoms with E-state index in [0.29, 0.717) is 41.7 Å². The molecule has 2 N–H and O–H groups in total. The fourth-order valence-electron chi connectivity index (χ4n) is 4.56. The molecule has 11 heteroatoms. The summed E-state index contributed by atoms with van der Waals surface area (Å²) in [4.78, 5) is 40.2. The zero-order valence-corrected chi connectivity index (χ0v) is 21.8. The van der Waals surface area contributed by atoms with Crippen LogP contribution in [0.15, 0.2) is 57.4 Å². The van der Waals surface area contributed by atoms with Crippen LogP contribution >= 0.6 is 0 Å². The molecule has 1 saturated heterocycles. The average molecular weight is 504 g/mol. The summed E-state index contributed by atoms with van der Waals surface area (Å²) in [6.07, 6.45) is 6.86. The molecule has 194 valence electrons. The van der Waals surface area contributed by atoms with Crippen LogP contribution in [0.4, 0.5) is 11.8 Å². The molecule has 11 nitrogen and oxygen atoms in total. The first-order chi connectivity index (χ1) is 17.7. The average Bonchev–Trinajstić information content (AvgIpc) is 3.28. The van der Waals surface area contributed by atoms with Gasteiger partial charge in [0.15, 0.2) is 11.2 Å². The number of fused-ring (bicyclic) bond motifs is 1. The van der Waals surface area contributed by atoms with E-state index in [9.17, 15) is 14.9 Å². The van der Waals surface area contributed by atoms with Crippen LogP contribution in [-0.4, -0.2) is 49.8 Å². The molecular formula is C26H33N9O2. The van der Waals surface area contributed by atoms with Gasteiger partial charge in [-0.05, 0) is 38.8 Å². The summed E-state index contributed by atoms with van der Waals surface area (Å²) in [5, 5.41) is 9.43. The van der Waals surface area contributed by atoms with Crippen LogP contribution in [0.2, 0.25) is 0 Å². The Hall–Kier alpha value is -4.17. The first-order valence-electron chi connectivity index (χ1n) is 12.3. The minimum absolute atomic E-state index is 0.0201. The van der Waals surface area contributed by atoms with Crippen molar-refractivity contribution in [3.05, 3.63) is 68.7 Å². The van der Waals surface area contributed by atoms with E-state index in [1.54, 1.807) is 37.3 Å². The van der Waals surface area contributed by atoms with Gasteiger partial charge in [-0.15, -0.1) is 0 Å². The molecule has 1 aliphatic heterocycles. The van der Waals surface area contributed by atoms with Crippen molar-refractivity contribution in [2.45, 2.75) is 45.8 Å². The number of anilines is 2. The molecule has 4 heterocycles. The number of pyridine rings is 1. The van der Waals surface area contributed by atoms with Crippen molar-refractivity contribution >= 4 is 22.9 Å². The van der Waals surface area contributed by atoms with Gasteiger partial charge in [0, 0.05) is 57.7 Å². The van der Waals surface area contributed by atoms with Crippen molar-refractivity contribution in [3.63, 3.8) is 0 Å². The summed E-state index contributed by atoms with van der Waals surface area (Å²) >= 11 is 0. The zero-order chi connectivity index (χ0) is 26.7. The Morgan fingerprint density at radius 1 is 1.30 bits per heavy atom. The lowest BCUT2D eigenvalue weighted by Gasteiger charge is -2.31. The van der Waals surface area contributed by atoms with Crippen molar-refractivity contribution in [2.24, 2.45) is 12.8 Å². The van der Waals surface area contributed by atoms with Crippen molar-refractivity contribution in [1.29, 1.82) is 5.26 Å². The molecule has 0 aliphatic carbocycles. The van der Waals surface area contributed by atoms with Gasteiger partial charge in [0.2, 0.25) is 5.95 Å². The maximum atomic E-state index is 13.9. The summed E-state index contributed by atoms with van der Waals surface area (Å²) in [5.74, 6) is 1.22. The van der Waals surface area contributed by atoms with Gasteiger partial charge in [0.05, 0.1) is 12.6 Å². The third-order valence-corrected chi connectivity index (χ3v) is 6.61. The monoisotopic (exact) mass is 503 g/mol. The summed E-state index contributed by atoms with van der Waals surface area (Å²) in [5.41, 5.74) is 7.49. The van der Waals surface area contributed by atoms with Gasteiger partial charge in [-0.2, -0.15) is 10.2 Å². The van der Waals surface area contributed by atoms with E-state index in [2.05, 4.69) is 9.88 Å².